The molecule has 0 aliphatic rings. The Bertz CT molecular complexity index is 318. The maximum atomic E-state index is 5.79. The Morgan fingerprint density at radius 2 is 1.67 bits per heavy atom. The summed E-state index contributed by atoms with van der Waals surface area (Å²) >= 11 is 0. The Balaban J connectivity index is 0.000000631. The van der Waals surface area contributed by atoms with Crippen LogP contribution in [0.25, 0.3) is 0 Å². The van der Waals surface area contributed by atoms with Crippen molar-refractivity contribution < 1.29 is 4.74 Å². The van der Waals surface area contributed by atoms with Gasteiger partial charge >= 0.3 is 0 Å². The van der Waals surface area contributed by atoms with Crippen LogP contribution >= 0.6 is 0 Å². The zero-order valence-corrected chi connectivity index (χ0v) is 13.2. The zero-order chi connectivity index (χ0) is 14.2. The lowest BCUT2D eigenvalue weighted by molar-refractivity contribution is 0.131. The van der Waals surface area contributed by atoms with E-state index in [0.717, 1.165) is 18.1 Å². The number of hydrogen-bond acceptors (Lipinski definition) is 1. The molecule has 0 bridgehead atoms. The van der Waals surface area contributed by atoms with Gasteiger partial charge in [0.1, 0.15) is 11.4 Å². The van der Waals surface area contributed by atoms with Crippen molar-refractivity contribution in [1.82, 2.24) is 0 Å². The first kappa shape index (κ1) is 17.0. The average molecular weight is 250 g/mol. The minimum Gasteiger partial charge on any atom is -0.488 e. The molecule has 0 heterocycles. The molecule has 1 aromatic carbocycles. The second-order valence-corrected chi connectivity index (χ2v) is 6.34. The summed E-state index contributed by atoms with van der Waals surface area (Å²) in [5, 5.41) is 0. The van der Waals surface area contributed by atoms with E-state index in [2.05, 4.69) is 66.7 Å². The van der Waals surface area contributed by atoms with Gasteiger partial charge in [-0.3, -0.25) is 0 Å². The Labute approximate surface area is 114 Å². The van der Waals surface area contributed by atoms with Gasteiger partial charge in [-0.05, 0) is 50.8 Å². The number of benzene rings is 1. The standard InChI is InChI=1S/C13H20O.C4H10/c1-5-7-11-8-6-9-12(10-11)14-13(2,3)4;1-4(2)3/h6,8-10H,5,7H2,1-4H3;4H,1-3H3. The molecular weight excluding hydrogens is 220 g/mol. The predicted molar refractivity (Wildman–Crippen MR) is 81.3 cm³/mol. The van der Waals surface area contributed by atoms with Crippen LogP contribution in [-0.4, -0.2) is 5.60 Å². The quantitative estimate of drug-likeness (QED) is 0.690. The molecule has 0 aromatic heterocycles. The molecule has 0 N–H and O–H groups in total. The molecule has 18 heavy (non-hydrogen) atoms. The van der Waals surface area contributed by atoms with Crippen LogP contribution in [0, 0.1) is 5.92 Å². The number of aryl methyl sites for hydroxylation is 1. The Hall–Kier alpha value is -0.980. The van der Waals surface area contributed by atoms with Crippen molar-refractivity contribution in [3.8, 4) is 5.75 Å². The molecule has 0 aliphatic heterocycles. The van der Waals surface area contributed by atoms with Crippen molar-refractivity contribution in [1.29, 1.82) is 0 Å². The van der Waals surface area contributed by atoms with E-state index in [1.165, 1.54) is 12.0 Å². The van der Waals surface area contributed by atoms with Gasteiger partial charge in [-0.1, -0.05) is 46.2 Å². The summed E-state index contributed by atoms with van der Waals surface area (Å²) < 4.78 is 5.79. The highest BCUT2D eigenvalue weighted by molar-refractivity contribution is 5.29. The van der Waals surface area contributed by atoms with E-state index in [9.17, 15) is 0 Å². The molecule has 0 aliphatic carbocycles. The highest BCUT2D eigenvalue weighted by Gasteiger charge is 2.11. The Morgan fingerprint density at radius 1 is 1.11 bits per heavy atom. The molecule has 1 nitrogen and oxygen atoms in total. The van der Waals surface area contributed by atoms with Crippen molar-refractivity contribution in [2.24, 2.45) is 5.92 Å². The van der Waals surface area contributed by atoms with Crippen LogP contribution in [0.15, 0.2) is 24.3 Å². The van der Waals surface area contributed by atoms with Crippen LogP contribution in [0.4, 0.5) is 0 Å². The van der Waals surface area contributed by atoms with Gasteiger partial charge in [0, 0.05) is 0 Å². The summed E-state index contributed by atoms with van der Waals surface area (Å²) in [4.78, 5) is 0. The fourth-order valence-corrected chi connectivity index (χ4v) is 1.41. The van der Waals surface area contributed by atoms with E-state index < -0.39 is 0 Å². The lowest BCUT2D eigenvalue weighted by Crippen LogP contribution is -2.22. The molecule has 1 rings (SSSR count). The molecule has 0 amide bonds. The van der Waals surface area contributed by atoms with Gasteiger partial charge in [0.05, 0.1) is 0 Å². The van der Waals surface area contributed by atoms with Crippen molar-refractivity contribution >= 4 is 0 Å². The largest absolute Gasteiger partial charge is 0.488 e. The molecule has 0 saturated carbocycles. The third kappa shape index (κ3) is 10.2. The smallest absolute Gasteiger partial charge is 0.120 e. The highest BCUT2D eigenvalue weighted by Crippen LogP contribution is 2.19. The van der Waals surface area contributed by atoms with E-state index >= 15 is 0 Å². The minimum absolute atomic E-state index is 0.106. The Morgan fingerprint density at radius 3 is 2.11 bits per heavy atom. The third-order valence-corrected chi connectivity index (χ3v) is 1.86. The lowest BCUT2D eigenvalue weighted by atomic mass is 10.1. The van der Waals surface area contributed by atoms with Crippen LogP contribution in [0.1, 0.15) is 60.5 Å². The van der Waals surface area contributed by atoms with Crippen LogP contribution in [0.5, 0.6) is 5.75 Å². The van der Waals surface area contributed by atoms with E-state index in [4.69, 9.17) is 4.74 Å². The van der Waals surface area contributed by atoms with Gasteiger partial charge in [-0.2, -0.15) is 0 Å². The summed E-state index contributed by atoms with van der Waals surface area (Å²) in [7, 11) is 0. The monoisotopic (exact) mass is 250 g/mol. The summed E-state index contributed by atoms with van der Waals surface area (Å²) in [6.45, 7) is 14.9. The van der Waals surface area contributed by atoms with E-state index in [-0.39, 0.29) is 5.60 Å². The number of rotatable bonds is 3. The van der Waals surface area contributed by atoms with E-state index in [1.54, 1.807) is 0 Å². The maximum absolute atomic E-state index is 5.79. The second-order valence-electron chi connectivity index (χ2n) is 6.34. The first-order valence-electron chi connectivity index (χ1n) is 7.02. The van der Waals surface area contributed by atoms with E-state index in [1.807, 2.05) is 6.07 Å². The van der Waals surface area contributed by atoms with Crippen LogP contribution in [0.3, 0.4) is 0 Å². The first-order valence-corrected chi connectivity index (χ1v) is 7.02. The molecule has 0 radical (unpaired) electrons. The third-order valence-electron chi connectivity index (χ3n) is 1.86. The van der Waals surface area contributed by atoms with Crippen molar-refractivity contribution in [3.05, 3.63) is 29.8 Å². The van der Waals surface area contributed by atoms with Crippen LogP contribution in [0.2, 0.25) is 0 Å². The van der Waals surface area contributed by atoms with Gasteiger partial charge in [-0.25, -0.2) is 0 Å². The van der Waals surface area contributed by atoms with Crippen LogP contribution < -0.4 is 4.74 Å². The molecular formula is C17H30O. The van der Waals surface area contributed by atoms with Gasteiger partial charge in [0.25, 0.3) is 0 Å². The Kier molecular flexibility index (Phi) is 7.73. The normalized spacial score (nSPS) is 10.9. The maximum Gasteiger partial charge on any atom is 0.120 e. The number of ether oxygens (including phenoxy) is 1. The minimum atomic E-state index is -0.106. The molecule has 0 unspecified atom stereocenters. The lowest BCUT2D eigenvalue weighted by Gasteiger charge is -2.21. The molecule has 0 spiro atoms. The topological polar surface area (TPSA) is 9.23 Å². The molecule has 104 valence electrons. The van der Waals surface area contributed by atoms with Crippen molar-refractivity contribution in [3.63, 3.8) is 0 Å². The molecule has 0 atom stereocenters. The summed E-state index contributed by atoms with van der Waals surface area (Å²) in [5.41, 5.74) is 1.25. The summed E-state index contributed by atoms with van der Waals surface area (Å²) in [6.07, 6.45) is 2.31. The van der Waals surface area contributed by atoms with Crippen LogP contribution in [-0.2, 0) is 6.42 Å². The summed E-state index contributed by atoms with van der Waals surface area (Å²) in [6, 6.07) is 8.37. The van der Waals surface area contributed by atoms with E-state index in [0.29, 0.717) is 0 Å². The average Bonchev–Trinajstić information content (AvgIpc) is 2.14. The highest BCUT2D eigenvalue weighted by atomic mass is 16.5. The molecule has 1 aromatic rings. The SMILES string of the molecule is CC(C)C.CCCc1cccc(OC(C)(C)C)c1. The fraction of sp³-hybridized carbons (Fsp3) is 0.647. The molecule has 1 heteroatoms. The first-order chi connectivity index (χ1) is 8.24. The van der Waals surface area contributed by atoms with Gasteiger partial charge in [-0.15, -0.1) is 0 Å². The predicted octanol–water partition coefficient (Wildman–Crippen LogP) is 5.48. The molecule has 0 saturated heterocycles. The zero-order valence-electron chi connectivity index (χ0n) is 13.2. The van der Waals surface area contributed by atoms with Gasteiger partial charge in [0.15, 0.2) is 0 Å². The fourth-order valence-electron chi connectivity index (χ4n) is 1.41. The molecule has 0 fully saturated rings. The summed E-state index contributed by atoms with van der Waals surface area (Å²) in [5.74, 6) is 1.81. The van der Waals surface area contributed by atoms with Crippen molar-refractivity contribution in [2.75, 3.05) is 0 Å². The van der Waals surface area contributed by atoms with Crippen molar-refractivity contribution in [2.45, 2.75) is 66.9 Å². The second kappa shape index (κ2) is 8.18. The van der Waals surface area contributed by atoms with Gasteiger partial charge < -0.3 is 4.74 Å². The van der Waals surface area contributed by atoms with Gasteiger partial charge in [0.2, 0.25) is 0 Å². The number of hydrogen-bond donors (Lipinski definition) is 0.